The van der Waals surface area contributed by atoms with Crippen molar-refractivity contribution in [2.45, 2.75) is 6.92 Å². The van der Waals surface area contributed by atoms with Crippen LogP contribution in [0, 0.1) is 5.82 Å². The molecule has 28 heavy (non-hydrogen) atoms. The molecular formula is C25H20FNO. The third kappa shape index (κ3) is 3.65. The Bertz CT molecular complexity index is 1150. The third-order valence-corrected chi connectivity index (χ3v) is 4.80. The van der Waals surface area contributed by atoms with Crippen LogP contribution in [0.3, 0.4) is 0 Å². The lowest BCUT2D eigenvalue weighted by molar-refractivity contribution is 0.415. The predicted octanol–water partition coefficient (Wildman–Crippen LogP) is 6.80. The second-order valence-electron chi connectivity index (χ2n) is 6.65. The van der Waals surface area contributed by atoms with E-state index in [0.717, 1.165) is 44.6 Å². The summed E-state index contributed by atoms with van der Waals surface area (Å²) in [7, 11) is 1.65. The fourth-order valence-electron chi connectivity index (χ4n) is 3.32. The van der Waals surface area contributed by atoms with Gasteiger partial charge in [0.05, 0.1) is 12.8 Å². The van der Waals surface area contributed by atoms with Crippen molar-refractivity contribution in [1.29, 1.82) is 0 Å². The third-order valence-electron chi connectivity index (χ3n) is 4.80. The molecular weight excluding hydrogens is 349 g/mol. The predicted molar refractivity (Wildman–Crippen MR) is 114 cm³/mol. The van der Waals surface area contributed by atoms with Gasteiger partial charge >= 0.3 is 0 Å². The van der Waals surface area contributed by atoms with E-state index < -0.39 is 0 Å². The molecule has 0 saturated carbocycles. The Morgan fingerprint density at radius 3 is 2.11 bits per heavy atom. The molecule has 0 aliphatic rings. The Balaban J connectivity index is 1.86. The minimum Gasteiger partial charge on any atom is -0.497 e. The number of hydrogen-bond donors (Lipinski definition) is 0. The lowest BCUT2D eigenvalue weighted by atomic mass is 9.93. The number of nitrogens with zero attached hydrogens (tertiary/aromatic N) is 1. The van der Waals surface area contributed by atoms with Gasteiger partial charge in [-0.1, -0.05) is 36.4 Å². The van der Waals surface area contributed by atoms with Crippen molar-refractivity contribution >= 4 is 22.2 Å². The summed E-state index contributed by atoms with van der Waals surface area (Å²) in [5.41, 5.74) is 4.78. The zero-order chi connectivity index (χ0) is 19.5. The Morgan fingerprint density at radius 2 is 1.46 bits per heavy atom. The molecule has 0 unspecified atom stereocenters. The number of methoxy groups -OCH3 is 1. The summed E-state index contributed by atoms with van der Waals surface area (Å²) in [5, 5.41) is 2.29. The van der Waals surface area contributed by atoms with Gasteiger partial charge in [0.15, 0.2) is 0 Å². The Labute approximate surface area is 163 Å². The summed E-state index contributed by atoms with van der Waals surface area (Å²) in [5.74, 6) is 0.559. The maximum atomic E-state index is 13.4. The van der Waals surface area contributed by atoms with E-state index in [9.17, 15) is 4.39 Å². The van der Waals surface area contributed by atoms with Gasteiger partial charge in [-0.05, 0) is 77.4 Å². The van der Waals surface area contributed by atoms with Gasteiger partial charge in [0.1, 0.15) is 11.6 Å². The van der Waals surface area contributed by atoms with E-state index in [4.69, 9.17) is 9.73 Å². The number of hydrogen-bond acceptors (Lipinski definition) is 2. The first-order chi connectivity index (χ1) is 13.6. The molecule has 0 aromatic heterocycles. The van der Waals surface area contributed by atoms with Crippen LogP contribution in [0.5, 0.6) is 5.75 Å². The zero-order valence-electron chi connectivity index (χ0n) is 15.8. The highest BCUT2D eigenvalue weighted by molar-refractivity contribution is 6.09. The van der Waals surface area contributed by atoms with Gasteiger partial charge in [0.25, 0.3) is 0 Å². The highest BCUT2D eigenvalue weighted by Crippen LogP contribution is 2.30. The van der Waals surface area contributed by atoms with Crippen LogP contribution in [0.25, 0.3) is 21.9 Å². The second kappa shape index (κ2) is 7.65. The van der Waals surface area contributed by atoms with Crippen LogP contribution in [0.4, 0.5) is 10.1 Å². The van der Waals surface area contributed by atoms with E-state index in [1.54, 1.807) is 7.11 Å². The molecule has 0 N–H and O–H groups in total. The van der Waals surface area contributed by atoms with E-state index in [1.807, 2.05) is 55.5 Å². The zero-order valence-corrected chi connectivity index (χ0v) is 15.8. The van der Waals surface area contributed by atoms with Crippen molar-refractivity contribution in [3.63, 3.8) is 0 Å². The Kier molecular flexibility index (Phi) is 4.90. The van der Waals surface area contributed by atoms with Crippen LogP contribution in [0.1, 0.15) is 12.5 Å². The van der Waals surface area contributed by atoms with Gasteiger partial charge in [-0.3, -0.25) is 4.99 Å². The topological polar surface area (TPSA) is 21.6 Å². The Hall–Kier alpha value is -3.46. The SMILES string of the molecule is COc1ccc(N=C(C)c2cc3ccccc3cc2-c2ccc(F)cc2)cc1. The van der Waals surface area contributed by atoms with Gasteiger partial charge in [-0.25, -0.2) is 4.39 Å². The van der Waals surface area contributed by atoms with Crippen LogP contribution in [0.15, 0.2) is 89.9 Å². The molecule has 0 fully saturated rings. The second-order valence-corrected chi connectivity index (χ2v) is 6.65. The van der Waals surface area contributed by atoms with Gasteiger partial charge < -0.3 is 4.74 Å². The van der Waals surface area contributed by atoms with Crippen LogP contribution in [-0.4, -0.2) is 12.8 Å². The van der Waals surface area contributed by atoms with Crippen molar-refractivity contribution < 1.29 is 9.13 Å². The number of rotatable bonds is 4. The van der Waals surface area contributed by atoms with Crippen LogP contribution in [-0.2, 0) is 0 Å². The normalized spacial score (nSPS) is 11.6. The van der Waals surface area contributed by atoms with Gasteiger partial charge in [-0.2, -0.15) is 0 Å². The highest BCUT2D eigenvalue weighted by atomic mass is 19.1. The molecule has 0 bridgehead atoms. The monoisotopic (exact) mass is 369 g/mol. The summed E-state index contributed by atoms with van der Waals surface area (Å²) in [6, 6.07) is 26.8. The first-order valence-electron chi connectivity index (χ1n) is 9.12. The molecule has 0 heterocycles. The first-order valence-corrected chi connectivity index (χ1v) is 9.12. The first kappa shape index (κ1) is 17.9. The molecule has 0 radical (unpaired) electrons. The number of fused-ring (bicyclic) bond motifs is 1. The molecule has 2 nitrogen and oxygen atoms in total. The summed E-state index contributed by atoms with van der Waals surface area (Å²) in [6.45, 7) is 2.00. The average molecular weight is 369 g/mol. The molecule has 0 spiro atoms. The summed E-state index contributed by atoms with van der Waals surface area (Å²) < 4.78 is 18.6. The minimum atomic E-state index is -0.241. The standard InChI is InChI=1S/C25H20FNO/c1-17(27-22-11-13-23(28-2)14-12-22)24-15-19-5-3-4-6-20(19)16-25(24)18-7-9-21(26)10-8-18/h3-16H,1-2H3. The van der Waals surface area contributed by atoms with E-state index in [1.165, 1.54) is 12.1 Å². The molecule has 0 amide bonds. The fraction of sp³-hybridized carbons (Fsp3) is 0.0800. The van der Waals surface area contributed by atoms with E-state index in [2.05, 4.69) is 24.3 Å². The molecule has 4 aromatic rings. The fourth-order valence-corrected chi connectivity index (χ4v) is 3.32. The molecule has 0 aliphatic heterocycles. The quantitative estimate of drug-likeness (QED) is 0.363. The minimum absolute atomic E-state index is 0.241. The van der Waals surface area contributed by atoms with Crippen molar-refractivity contribution in [2.75, 3.05) is 7.11 Å². The summed E-state index contributed by atoms with van der Waals surface area (Å²) in [4.78, 5) is 4.80. The molecule has 3 heteroatoms. The van der Waals surface area contributed by atoms with Crippen molar-refractivity contribution in [1.82, 2.24) is 0 Å². The van der Waals surface area contributed by atoms with E-state index in [0.29, 0.717) is 0 Å². The molecule has 138 valence electrons. The van der Waals surface area contributed by atoms with Gasteiger partial charge in [-0.15, -0.1) is 0 Å². The smallest absolute Gasteiger partial charge is 0.123 e. The number of ether oxygens (including phenoxy) is 1. The maximum absolute atomic E-state index is 13.4. The lowest BCUT2D eigenvalue weighted by Crippen LogP contribution is -1.98. The van der Waals surface area contributed by atoms with Crippen molar-refractivity contribution in [3.05, 3.63) is 96.3 Å². The molecule has 0 atom stereocenters. The maximum Gasteiger partial charge on any atom is 0.123 e. The molecule has 0 saturated heterocycles. The largest absolute Gasteiger partial charge is 0.497 e. The summed E-state index contributed by atoms with van der Waals surface area (Å²) >= 11 is 0. The van der Waals surface area contributed by atoms with Gasteiger partial charge in [0, 0.05) is 11.3 Å². The summed E-state index contributed by atoms with van der Waals surface area (Å²) in [6.07, 6.45) is 0. The van der Waals surface area contributed by atoms with Crippen LogP contribution < -0.4 is 4.74 Å². The van der Waals surface area contributed by atoms with E-state index >= 15 is 0 Å². The van der Waals surface area contributed by atoms with Crippen LogP contribution >= 0.6 is 0 Å². The number of benzene rings is 4. The Morgan fingerprint density at radius 1 is 0.821 bits per heavy atom. The van der Waals surface area contributed by atoms with Crippen molar-refractivity contribution in [2.24, 2.45) is 4.99 Å². The highest BCUT2D eigenvalue weighted by Gasteiger charge is 2.11. The molecule has 4 aromatic carbocycles. The van der Waals surface area contributed by atoms with Crippen molar-refractivity contribution in [3.8, 4) is 16.9 Å². The average Bonchev–Trinajstić information content (AvgIpc) is 2.74. The van der Waals surface area contributed by atoms with E-state index in [-0.39, 0.29) is 5.82 Å². The molecule has 4 rings (SSSR count). The van der Waals surface area contributed by atoms with Crippen LogP contribution in [0.2, 0.25) is 0 Å². The number of aliphatic imine (C=N–C) groups is 1. The lowest BCUT2D eigenvalue weighted by Gasteiger charge is -2.13. The van der Waals surface area contributed by atoms with Gasteiger partial charge in [0.2, 0.25) is 0 Å². The molecule has 0 aliphatic carbocycles. The number of halogens is 1.